The van der Waals surface area contributed by atoms with Crippen molar-refractivity contribution in [2.75, 3.05) is 37.0 Å². The van der Waals surface area contributed by atoms with Crippen molar-refractivity contribution in [3.05, 3.63) is 19.0 Å². The lowest BCUT2D eigenvalue weighted by molar-refractivity contribution is -0.0501. The van der Waals surface area contributed by atoms with Gasteiger partial charge in [-0.25, -0.2) is 15.0 Å². The molecule has 2 fully saturated rings. The fraction of sp³-hybridized carbons (Fsp3) is 0.588. The fourth-order valence-corrected chi connectivity index (χ4v) is 3.48. The zero-order valence-electron chi connectivity index (χ0n) is 15.2. The van der Waals surface area contributed by atoms with Crippen molar-refractivity contribution in [3.8, 4) is 0 Å². The van der Waals surface area contributed by atoms with E-state index in [1.807, 2.05) is 0 Å². The number of imidazole rings is 1. The van der Waals surface area contributed by atoms with Crippen LogP contribution >= 0.6 is 0 Å². The summed E-state index contributed by atoms with van der Waals surface area (Å²) >= 11 is 0. The molecule has 5 N–H and O–H groups in total. The lowest BCUT2D eigenvalue weighted by Gasteiger charge is -2.19. The van der Waals surface area contributed by atoms with Gasteiger partial charge in [-0.05, 0) is 6.42 Å². The molecule has 152 valence electrons. The molecule has 0 aliphatic carbocycles. The standard InChI is InChI=1S/C17H24N6O5/c1-2-4-18-17-22-11-14(21-9-3-5-27-7-9)19-8-20-15(11)23(17)16-13(26)12(25)10(6-24)28-16/h2,8-10,12-13,16,24-26H,1,3-7H2,(H,18,22)(H,19,20,21). The molecule has 4 heterocycles. The van der Waals surface area contributed by atoms with Crippen LogP contribution in [0, 0.1) is 0 Å². The highest BCUT2D eigenvalue weighted by Crippen LogP contribution is 2.35. The Labute approximate surface area is 161 Å². The Morgan fingerprint density at radius 3 is 2.86 bits per heavy atom. The Hall–Kier alpha value is -2.31. The summed E-state index contributed by atoms with van der Waals surface area (Å²) in [7, 11) is 0. The van der Waals surface area contributed by atoms with E-state index >= 15 is 0 Å². The van der Waals surface area contributed by atoms with Gasteiger partial charge in [-0.1, -0.05) is 6.08 Å². The van der Waals surface area contributed by atoms with Gasteiger partial charge in [0.1, 0.15) is 24.6 Å². The minimum absolute atomic E-state index is 0.127. The van der Waals surface area contributed by atoms with Crippen LogP contribution in [0.3, 0.4) is 0 Å². The van der Waals surface area contributed by atoms with Crippen molar-refractivity contribution in [1.82, 2.24) is 19.5 Å². The topological polar surface area (TPSA) is 147 Å². The zero-order chi connectivity index (χ0) is 19.7. The molecule has 2 aliphatic rings. The Morgan fingerprint density at radius 2 is 2.18 bits per heavy atom. The zero-order valence-corrected chi connectivity index (χ0v) is 15.2. The van der Waals surface area contributed by atoms with Gasteiger partial charge in [-0.3, -0.25) is 4.57 Å². The van der Waals surface area contributed by atoms with Crippen LogP contribution in [0.2, 0.25) is 0 Å². The summed E-state index contributed by atoms with van der Waals surface area (Å²) in [5.41, 5.74) is 0.927. The summed E-state index contributed by atoms with van der Waals surface area (Å²) in [5.74, 6) is 0.934. The van der Waals surface area contributed by atoms with Gasteiger partial charge in [0, 0.05) is 13.2 Å². The molecule has 0 amide bonds. The van der Waals surface area contributed by atoms with Crippen LogP contribution in [-0.4, -0.2) is 85.6 Å². The summed E-state index contributed by atoms with van der Waals surface area (Å²) in [5, 5.41) is 36.4. The van der Waals surface area contributed by atoms with Gasteiger partial charge in [0.2, 0.25) is 5.95 Å². The molecule has 2 saturated heterocycles. The highest BCUT2D eigenvalue weighted by Gasteiger charge is 2.45. The van der Waals surface area contributed by atoms with Crippen molar-refractivity contribution in [3.63, 3.8) is 0 Å². The minimum Gasteiger partial charge on any atom is -0.394 e. The van der Waals surface area contributed by atoms with E-state index in [0.29, 0.717) is 42.7 Å². The summed E-state index contributed by atoms with van der Waals surface area (Å²) in [6.45, 7) is 4.97. The minimum atomic E-state index is -1.26. The molecule has 0 saturated carbocycles. The van der Waals surface area contributed by atoms with Crippen molar-refractivity contribution >= 4 is 22.9 Å². The summed E-state index contributed by atoms with van der Waals surface area (Å²) < 4.78 is 12.7. The van der Waals surface area contributed by atoms with Gasteiger partial charge >= 0.3 is 0 Å². The number of nitrogens with one attached hydrogen (secondary N) is 2. The first kappa shape index (κ1) is 19.0. The van der Waals surface area contributed by atoms with E-state index in [1.54, 1.807) is 10.6 Å². The van der Waals surface area contributed by atoms with E-state index in [0.717, 1.165) is 6.42 Å². The van der Waals surface area contributed by atoms with Crippen LogP contribution in [-0.2, 0) is 9.47 Å². The Morgan fingerprint density at radius 1 is 1.32 bits per heavy atom. The van der Waals surface area contributed by atoms with Crippen molar-refractivity contribution in [2.45, 2.75) is 37.0 Å². The summed E-state index contributed by atoms with van der Waals surface area (Å²) in [6.07, 6.45) is -0.424. The molecule has 5 atom stereocenters. The first-order valence-corrected chi connectivity index (χ1v) is 9.18. The van der Waals surface area contributed by atoms with Crippen LogP contribution < -0.4 is 10.6 Å². The number of nitrogens with zero attached hydrogens (tertiary/aromatic N) is 4. The maximum atomic E-state index is 10.5. The molecule has 2 aliphatic heterocycles. The number of ether oxygens (including phenoxy) is 2. The van der Waals surface area contributed by atoms with Crippen molar-refractivity contribution < 1.29 is 24.8 Å². The van der Waals surface area contributed by atoms with E-state index in [2.05, 4.69) is 32.2 Å². The van der Waals surface area contributed by atoms with Gasteiger partial charge in [0.25, 0.3) is 0 Å². The quantitative estimate of drug-likeness (QED) is 0.381. The molecule has 28 heavy (non-hydrogen) atoms. The molecule has 0 spiro atoms. The highest BCUT2D eigenvalue weighted by molar-refractivity contribution is 5.85. The summed E-state index contributed by atoms with van der Waals surface area (Å²) in [4.78, 5) is 13.2. The van der Waals surface area contributed by atoms with Crippen LogP contribution in [0.5, 0.6) is 0 Å². The SMILES string of the molecule is C=CCNc1nc2c(NC3CCOC3)ncnc2n1C1OC(CO)C(O)C1O. The number of fused-ring (bicyclic) bond motifs is 1. The van der Waals surface area contributed by atoms with E-state index in [4.69, 9.17) is 9.47 Å². The molecule has 0 radical (unpaired) electrons. The molecule has 5 unspecified atom stereocenters. The Bertz CT molecular complexity index is 839. The summed E-state index contributed by atoms with van der Waals surface area (Å²) in [6, 6.07) is 0.127. The van der Waals surface area contributed by atoms with Gasteiger partial charge < -0.3 is 35.4 Å². The van der Waals surface area contributed by atoms with E-state index in [9.17, 15) is 15.3 Å². The van der Waals surface area contributed by atoms with Crippen LogP contribution in [0.4, 0.5) is 11.8 Å². The monoisotopic (exact) mass is 392 g/mol. The lowest BCUT2D eigenvalue weighted by atomic mass is 10.1. The third-order valence-electron chi connectivity index (χ3n) is 4.92. The second kappa shape index (κ2) is 7.97. The van der Waals surface area contributed by atoms with Crippen LogP contribution in [0.25, 0.3) is 11.2 Å². The third-order valence-corrected chi connectivity index (χ3v) is 4.92. The molecule has 11 heteroatoms. The Kier molecular flexibility index (Phi) is 5.42. The number of hydrogen-bond donors (Lipinski definition) is 5. The molecular formula is C17H24N6O5. The predicted octanol–water partition coefficient (Wildman–Crippen LogP) is -0.763. The average molecular weight is 392 g/mol. The number of aliphatic hydroxyl groups is 3. The van der Waals surface area contributed by atoms with Crippen LogP contribution in [0.15, 0.2) is 19.0 Å². The average Bonchev–Trinajstić information content (AvgIpc) is 3.40. The van der Waals surface area contributed by atoms with Crippen molar-refractivity contribution in [1.29, 1.82) is 0 Å². The molecular weight excluding hydrogens is 368 g/mol. The number of rotatable bonds is 7. The van der Waals surface area contributed by atoms with Gasteiger partial charge in [-0.15, -0.1) is 6.58 Å². The number of aromatic nitrogens is 4. The largest absolute Gasteiger partial charge is 0.394 e. The maximum Gasteiger partial charge on any atom is 0.207 e. The predicted molar refractivity (Wildman–Crippen MR) is 99.9 cm³/mol. The van der Waals surface area contributed by atoms with E-state index in [-0.39, 0.29) is 6.04 Å². The van der Waals surface area contributed by atoms with Gasteiger partial charge in [-0.2, -0.15) is 0 Å². The number of hydrogen-bond acceptors (Lipinski definition) is 10. The second-order valence-corrected chi connectivity index (χ2v) is 6.80. The first-order chi connectivity index (χ1) is 13.6. The van der Waals surface area contributed by atoms with Gasteiger partial charge in [0.05, 0.1) is 19.3 Å². The highest BCUT2D eigenvalue weighted by atomic mass is 16.6. The Balaban J connectivity index is 1.76. The normalized spacial score (nSPS) is 30.0. The molecule has 2 aromatic heterocycles. The molecule has 4 rings (SSSR count). The molecule has 0 bridgehead atoms. The molecule has 11 nitrogen and oxygen atoms in total. The second-order valence-electron chi connectivity index (χ2n) is 6.80. The molecule has 2 aromatic rings. The number of anilines is 2. The van der Waals surface area contributed by atoms with E-state index in [1.165, 1.54) is 6.33 Å². The third kappa shape index (κ3) is 3.31. The smallest absolute Gasteiger partial charge is 0.207 e. The maximum absolute atomic E-state index is 10.5. The van der Waals surface area contributed by atoms with Crippen LogP contribution in [0.1, 0.15) is 12.6 Å². The number of aliphatic hydroxyl groups excluding tert-OH is 3. The van der Waals surface area contributed by atoms with Gasteiger partial charge in [0.15, 0.2) is 23.2 Å². The van der Waals surface area contributed by atoms with Crippen molar-refractivity contribution in [2.24, 2.45) is 0 Å². The van der Waals surface area contributed by atoms with E-state index < -0.39 is 31.1 Å². The fourth-order valence-electron chi connectivity index (χ4n) is 3.48. The first-order valence-electron chi connectivity index (χ1n) is 9.18. The lowest BCUT2D eigenvalue weighted by Crippen LogP contribution is -2.33. The molecule has 0 aromatic carbocycles.